The fraction of sp³-hybridized carbons (Fsp3) is 0.409. The molecule has 1 aliphatic carbocycles. The van der Waals surface area contributed by atoms with Gasteiger partial charge in [0.2, 0.25) is 0 Å². The van der Waals surface area contributed by atoms with Crippen molar-refractivity contribution in [3.63, 3.8) is 0 Å². The molecule has 0 saturated heterocycles. The summed E-state index contributed by atoms with van der Waals surface area (Å²) in [4.78, 5) is 16.4. The van der Waals surface area contributed by atoms with Gasteiger partial charge in [0, 0.05) is 35.5 Å². The van der Waals surface area contributed by atoms with Gasteiger partial charge in [0.05, 0.1) is 10.5 Å². The molecule has 0 unspecified atom stereocenters. The first-order chi connectivity index (χ1) is 13.9. The maximum atomic E-state index is 12.6. The zero-order chi connectivity index (χ0) is 20.6. The third kappa shape index (κ3) is 3.89. The predicted molar refractivity (Wildman–Crippen MR) is 114 cm³/mol. The number of anilines is 1. The molecule has 7 heteroatoms. The number of aryl methyl sites for hydroxylation is 1. The van der Waals surface area contributed by atoms with Gasteiger partial charge in [-0.05, 0) is 73.9 Å². The molecule has 1 aliphatic heterocycles. The van der Waals surface area contributed by atoms with Gasteiger partial charge in [0.25, 0.3) is 5.91 Å². The van der Waals surface area contributed by atoms with Crippen LogP contribution in [0.15, 0.2) is 23.1 Å². The maximum Gasteiger partial charge on any atom is 0.256 e. The minimum atomic E-state index is -3.37. The van der Waals surface area contributed by atoms with Gasteiger partial charge in [0.15, 0.2) is 9.84 Å². The smallest absolute Gasteiger partial charge is 0.256 e. The van der Waals surface area contributed by atoms with Crippen LogP contribution in [0.4, 0.5) is 5.69 Å². The molecular formula is C22H26N2O4S. The van der Waals surface area contributed by atoms with Crippen LogP contribution in [0.2, 0.25) is 0 Å². The number of aromatic amines is 1. The molecule has 3 N–H and O–H groups in total. The number of amides is 1. The zero-order valence-corrected chi connectivity index (χ0v) is 17.4. The van der Waals surface area contributed by atoms with Gasteiger partial charge in [-0.1, -0.05) is 6.42 Å². The summed E-state index contributed by atoms with van der Waals surface area (Å²) in [5, 5.41) is 12.2. The number of nitrogens with one attached hydrogen (secondary N) is 2. The molecule has 0 fully saturated rings. The van der Waals surface area contributed by atoms with E-state index in [1.54, 1.807) is 12.1 Å². The van der Waals surface area contributed by atoms with Crippen molar-refractivity contribution in [1.29, 1.82) is 0 Å². The molecule has 1 aromatic carbocycles. The summed E-state index contributed by atoms with van der Waals surface area (Å²) in [6.45, 7) is 0.122. The highest BCUT2D eigenvalue weighted by atomic mass is 32.2. The van der Waals surface area contributed by atoms with Crippen molar-refractivity contribution in [2.75, 3.05) is 18.2 Å². The Morgan fingerprint density at radius 1 is 1.17 bits per heavy atom. The van der Waals surface area contributed by atoms with E-state index in [2.05, 4.69) is 10.3 Å². The van der Waals surface area contributed by atoms with Gasteiger partial charge in [-0.25, -0.2) is 8.42 Å². The van der Waals surface area contributed by atoms with E-state index in [1.807, 2.05) is 6.08 Å². The predicted octanol–water partition coefficient (Wildman–Crippen LogP) is 3.10. The minimum Gasteiger partial charge on any atom is -0.396 e. The molecule has 154 valence electrons. The molecular weight excluding hydrogens is 388 g/mol. The topological polar surface area (TPSA) is 99.3 Å². The number of H-pyrrole nitrogens is 1. The maximum absolute atomic E-state index is 12.6. The first-order valence-corrected chi connectivity index (χ1v) is 12.0. The van der Waals surface area contributed by atoms with E-state index >= 15 is 0 Å². The lowest BCUT2D eigenvalue weighted by atomic mass is 9.98. The Balaban J connectivity index is 1.82. The number of carbonyl (C=O) groups excluding carboxylic acids is 1. The summed E-state index contributed by atoms with van der Waals surface area (Å²) >= 11 is 0. The molecule has 0 bridgehead atoms. The average molecular weight is 415 g/mol. The second-order valence-corrected chi connectivity index (χ2v) is 9.87. The van der Waals surface area contributed by atoms with Crippen molar-refractivity contribution >= 4 is 33.1 Å². The molecule has 0 spiro atoms. The fourth-order valence-electron chi connectivity index (χ4n) is 4.30. The van der Waals surface area contributed by atoms with Crippen molar-refractivity contribution in [1.82, 2.24) is 4.98 Å². The van der Waals surface area contributed by atoms with Gasteiger partial charge in [-0.3, -0.25) is 4.79 Å². The van der Waals surface area contributed by atoms with Crippen LogP contribution in [0.1, 0.15) is 53.8 Å². The number of aromatic nitrogens is 1. The van der Waals surface area contributed by atoms with Crippen LogP contribution in [0.3, 0.4) is 0 Å². The number of rotatable bonds is 5. The second-order valence-electron chi connectivity index (χ2n) is 7.85. The largest absolute Gasteiger partial charge is 0.396 e. The Kier molecular flexibility index (Phi) is 5.36. The molecule has 2 aliphatic rings. The van der Waals surface area contributed by atoms with Crippen LogP contribution in [0, 0.1) is 0 Å². The van der Waals surface area contributed by atoms with E-state index in [4.69, 9.17) is 0 Å². The molecule has 6 nitrogen and oxygen atoms in total. The monoisotopic (exact) mass is 414 g/mol. The van der Waals surface area contributed by atoms with E-state index in [1.165, 1.54) is 29.3 Å². The van der Waals surface area contributed by atoms with Crippen molar-refractivity contribution in [2.45, 2.75) is 49.8 Å². The molecule has 1 amide bonds. The first-order valence-electron chi connectivity index (χ1n) is 10.1. The van der Waals surface area contributed by atoms with Crippen LogP contribution in [-0.2, 0) is 33.9 Å². The number of hydrogen-bond acceptors (Lipinski definition) is 4. The Bertz CT molecular complexity index is 1100. The molecule has 0 radical (unpaired) electrons. The summed E-state index contributed by atoms with van der Waals surface area (Å²) < 4.78 is 23.9. The summed E-state index contributed by atoms with van der Waals surface area (Å²) in [6, 6.07) is 4.72. The van der Waals surface area contributed by atoms with Crippen LogP contribution in [0.5, 0.6) is 0 Å². The fourth-order valence-corrected chi connectivity index (χ4v) is 4.95. The molecule has 29 heavy (non-hydrogen) atoms. The molecule has 0 saturated carbocycles. The second kappa shape index (κ2) is 7.80. The van der Waals surface area contributed by atoms with E-state index in [0.717, 1.165) is 44.1 Å². The van der Waals surface area contributed by atoms with Crippen LogP contribution < -0.4 is 5.32 Å². The number of aliphatic hydroxyl groups is 1. The third-order valence-electron chi connectivity index (χ3n) is 5.77. The average Bonchev–Trinajstić information content (AvgIpc) is 3.05. The summed E-state index contributed by atoms with van der Waals surface area (Å²) in [5.41, 5.74) is 6.32. The molecule has 1 aromatic heterocycles. The Morgan fingerprint density at radius 2 is 1.97 bits per heavy atom. The van der Waals surface area contributed by atoms with E-state index < -0.39 is 9.84 Å². The number of hydrogen-bond donors (Lipinski definition) is 3. The highest BCUT2D eigenvalue weighted by molar-refractivity contribution is 7.90. The lowest BCUT2D eigenvalue weighted by Crippen LogP contribution is -2.04. The van der Waals surface area contributed by atoms with Gasteiger partial charge in [-0.15, -0.1) is 0 Å². The zero-order valence-electron chi connectivity index (χ0n) is 16.5. The van der Waals surface area contributed by atoms with Crippen LogP contribution in [-0.4, -0.2) is 37.3 Å². The van der Waals surface area contributed by atoms with Crippen molar-refractivity contribution in [3.05, 3.63) is 46.3 Å². The van der Waals surface area contributed by atoms with Gasteiger partial charge in [0.1, 0.15) is 0 Å². The third-order valence-corrected chi connectivity index (χ3v) is 6.88. The van der Waals surface area contributed by atoms with Crippen molar-refractivity contribution in [2.24, 2.45) is 0 Å². The number of fused-ring (bicyclic) bond motifs is 2. The molecule has 2 aromatic rings. The summed E-state index contributed by atoms with van der Waals surface area (Å²) in [6.07, 6.45) is 9.93. The standard InChI is InChI=1S/C22H26N2O4S/c1-29(27,28)14-9-10-20-17(12-14)18(22(26)24-20)13-21-16(7-5-11-25)15-6-3-2-4-8-19(15)23-21/h9-10,12-13,23,25H,2-8,11H2,1H3,(H,24,26). The quantitative estimate of drug-likeness (QED) is 0.517. The van der Waals surface area contributed by atoms with Gasteiger partial charge < -0.3 is 15.4 Å². The Morgan fingerprint density at radius 3 is 2.72 bits per heavy atom. The molecule has 4 rings (SSSR count). The highest BCUT2D eigenvalue weighted by Gasteiger charge is 2.27. The van der Waals surface area contributed by atoms with E-state index in [0.29, 0.717) is 23.2 Å². The molecule has 0 atom stereocenters. The highest BCUT2D eigenvalue weighted by Crippen LogP contribution is 2.36. The van der Waals surface area contributed by atoms with Crippen molar-refractivity contribution in [3.8, 4) is 0 Å². The van der Waals surface area contributed by atoms with Crippen LogP contribution in [0.25, 0.3) is 11.6 Å². The summed E-state index contributed by atoms with van der Waals surface area (Å²) in [7, 11) is -3.37. The Labute approximate surface area is 171 Å². The normalized spacial score (nSPS) is 17.7. The Hall–Kier alpha value is -2.38. The first kappa shape index (κ1) is 19.9. The van der Waals surface area contributed by atoms with Crippen molar-refractivity contribution < 1.29 is 18.3 Å². The van der Waals surface area contributed by atoms with Crippen LogP contribution >= 0.6 is 0 Å². The number of carbonyl (C=O) groups is 1. The van der Waals surface area contributed by atoms with E-state index in [-0.39, 0.29) is 17.4 Å². The summed E-state index contributed by atoms with van der Waals surface area (Å²) in [5.74, 6) is -0.233. The van der Waals surface area contributed by atoms with Gasteiger partial charge in [-0.2, -0.15) is 0 Å². The number of sulfone groups is 1. The lowest BCUT2D eigenvalue weighted by Gasteiger charge is -2.06. The number of benzene rings is 1. The van der Waals surface area contributed by atoms with Gasteiger partial charge >= 0.3 is 0 Å². The number of aliphatic hydroxyl groups excluding tert-OH is 1. The van der Waals surface area contributed by atoms with E-state index in [9.17, 15) is 18.3 Å². The lowest BCUT2D eigenvalue weighted by molar-refractivity contribution is -0.110. The molecule has 2 heterocycles. The SMILES string of the molecule is CS(=O)(=O)c1ccc2c(c1)C(=Cc1[nH]c3c(c1CCCO)CCCCC3)C(=O)N2. The minimum absolute atomic E-state index is 0.122.